The summed E-state index contributed by atoms with van der Waals surface area (Å²) in [5.74, 6) is -0.489. The maximum absolute atomic E-state index is 12.3. The second kappa shape index (κ2) is 8.44. The van der Waals surface area contributed by atoms with Crippen LogP contribution in [0.3, 0.4) is 0 Å². The van der Waals surface area contributed by atoms with Crippen molar-refractivity contribution in [1.82, 2.24) is 0 Å². The molecule has 0 bridgehead atoms. The zero-order valence-corrected chi connectivity index (χ0v) is 14.8. The van der Waals surface area contributed by atoms with E-state index in [1.165, 1.54) is 6.20 Å². The summed E-state index contributed by atoms with van der Waals surface area (Å²) in [7, 11) is 0. The predicted octanol–water partition coefficient (Wildman–Crippen LogP) is 4.83. The Kier molecular flexibility index (Phi) is 6.30. The fourth-order valence-corrected chi connectivity index (χ4v) is 2.58. The number of benzene rings is 2. The number of rotatable bonds is 5. The second-order valence-corrected chi connectivity index (χ2v) is 6.20. The number of hydrogen-bond acceptors (Lipinski definition) is 4. The van der Waals surface area contributed by atoms with Crippen LogP contribution in [0.4, 0.5) is 11.4 Å². The summed E-state index contributed by atoms with van der Waals surface area (Å²) >= 11 is 7.65. The maximum Gasteiger partial charge on any atom is 0.267 e. The Bertz CT molecular complexity index is 827. The number of anilines is 2. The van der Waals surface area contributed by atoms with Crippen LogP contribution in [-0.4, -0.2) is 12.2 Å². The van der Waals surface area contributed by atoms with Crippen molar-refractivity contribution in [1.29, 1.82) is 5.26 Å². The van der Waals surface area contributed by atoms with Gasteiger partial charge in [0.2, 0.25) is 0 Å². The molecule has 0 spiro atoms. The fraction of sp³-hybridized carbons (Fsp3) is 0.111. The number of carbonyl (C=O) groups is 1. The highest BCUT2D eigenvalue weighted by Crippen LogP contribution is 2.23. The molecule has 1 amide bonds. The predicted molar refractivity (Wildman–Crippen MR) is 100 cm³/mol. The average Bonchev–Trinajstić information content (AvgIpc) is 2.59. The molecule has 2 N–H and O–H groups in total. The fourth-order valence-electron chi connectivity index (χ4n) is 1.95. The standard InChI is InChI=1S/C18H16ClN3OS/c1-12-16(19)7-4-8-17(12)22-18(23)13(10-20)11-21-14-5-3-6-15(9-14)24-2/h3-9,11,21H,1-2H3,(H,22,23)/b13-11-. The molecule has 0 atom stereocenters. The van der Waals surface area contributed by atoms with E-state index in [0.29, 0.717) is 10.7 Å². The van der Waals surface area contributed by atoms with E-state index < -0.39 is 5.91 Å². The molecule has 2 rings (SSSR count). The SMILES string of the molecule is CSc1cccc(N/C=C(/C#N)C(=O)Nc2cccc(Cl)c2C)c1. The third-order valence-electron chi connectivity index (χ3n) is 3.33. The first-order chi connectivity index (χ1) is 11.5. The monoisotopic (exact) mass is 357 g/mol. The van der Waals surface area contributed by atoms with Gasteiger partial charge in [0.1, 0.15) is 11.6 Å². The third kappa shape index (κ3) is 4.54. The van der Waals surface area contributed by atoms with E-state index in [9.17, 15) is 10.1 Å². The summed E-state index contributed by atoms with van der Waals surface area (Å²) in [5.41, 5.74) is 2.12. The number of nitrogens with zero attached hydrogens (tertiary/aromatic N) is 1. The van der Waals surface area contributed by atoms with Gasteiger partial charge in [0.15, 0.2) is 0 Å². The highest BCUT2D eigenvalue weighted by molar-refractivity contribution is 7.98. The first kappa shape index (κ1) is 17.9. The Morgan fingerprint density at radius 3 is 2.75 bits per heavy atom. The largest absolute Gasteiger partial charge is 0.360 e. The molecule has 0 saturated carbocycles. The number of hydrogen-bond donors (Lipinski definition) is 2. The number of nitriles is 1. The molecule has 2 aromatic carbocycles. The van der Waals surface area contributed by atoms with Gasteiger partial charge in [-0.15, -0.1) is 11.8 Å². The zero-order valence-electron chi connectivity index (χ0n) is 13.3. The van der Waals surface area contributed by atoms with Crippen LogP contribution in [0.5, 0.6) is 0 Å². The van der Waals surface area contributed by atoms with Crippen molar-refractivity contribution in [3.63, 3.8) is 0 Å². The van der Waals surface area contributed by atoms with Crippen LogP contribution >= 0.6 is 23.4 Å². The second-order valence-electron chi connectivity index (χ2n) is 4.91. The summed E-state index contributed by atoms with van der Waals surface area (Å²) in [5, 5.41) is 15.5. The van der Waals surface area contributed by atoms with Gasteiger partial charge in [0.05, 0.1) is 0 Å². The molecule has 6 heteroatoms. The molecule has 0 fully saturated rings. The summed E-state index contributed by atoms with van der Waals surface area (Å²) in [6, 6.07) is 14.8. The highest BCUT2D eigenvalue weighted by Gasteiger charge is 2.11. The van der Waals surface area contributed by atoms with E-state index in [1.807, 2.05) is 36.6 Å². The van der Waals surface area contributed by atoms with Crippen molar-refractivity contribution in [3.05, 3.63) is 64.8 Å². The molecule has 122 valence electrons. The topological polar surface area (TPSA) is 64.9 Å². The molecule has 0 aromatic heterocycles. The molecule has 2 aromatic rings. The van der Waals surface area contributed by atoms with Gasteiger partial charge in [-0.05, 0) is 49.1 Å². The van der Waals surface area contributed by atoms with Crippen LogP contribution in [0.2, 0.25) is 5.02 Å². The lowest BCUT2D eigenvalue weighted by atomic mass is 10.2. The summed E-state index contributed by atoms with van der Waals surface area (Å²) in [6.45, 7) is 1.81. The van der Waals surface area contributed by atoms with Crippen LogP contribution < -0.4 is 10.6 Å². The number of nitrogens with one attached hydrogen (secondary N) is 2. The number of carbonyl (C=O) groups excluding carboxylic acids is 1. The van der Waals surface area contributed by atoms with E-state index in [-0.39, 0.29) is 5.57 Å². The first-order valence-corrected chi connectivity index (χ1v) is 8.72. The molecule has 0 aliphatic carbocycles. The van der Waals surface area contributed by atoms with Crippen molar-refractivity contribution < 1.29 is 4.79 Å². The van der Waals surface area contributed by atoms with Crippen molar-refractivity contribution >= 4 is 40.6 Å². The van der Waals surface area contributed by atoms with Gasteiger partial charge in [0, 0.05) is 27.5 Å². The molecular weight excluding hydrogens is 342 g/mol. The van der Waals surface area contributed by atoms with E-state index in [2.05, 4.69) is 10.6 Å². The number of halogens is 1. The minimum atomic E-state index is -0.489. The van der Waals surface area contributed by atoms with Gasteiger partial charge < -0.3 is 10.6 Å². The van der Waals surface area contributed by atoms with Crippen molar-refractivity contribution in [2.45, 2.75) is 11.8 Å². The average molecular weight is 358 g/mol. The Balaban J connectivity index is 2.13. The van der Waals surface area contributed by atoms with Gasteiger partial charge >= 0.3 is 0 Å². The molecule has 0 heterocycles. The van der Waals surface area contributed by atoms with Crippen LogP contribution in [0.1, 0.15) is 5.56 Å². The number of amides is 1. The summed E-state index contributed by atoms with van der Waals surface area (Å²) in [6.07, 6.45) is 3.38. The van der Waals surface area contributed by atoms with Gasteiger partial charge in [-0.25, -0.2) is 0 Å². The molecule has 0 aliphatic heterocycles. The minimum absolute atomic E-state index is 0.0241. The Morgan fingerprint density at radius 1 is 1.29 bits per heavy atom. The van der Waals surface area contributed by atoms with Crippen LogP contribution in [-0.2, 0) is 4.79 Å². The van der Waals surface area contributed by atoms with Crippen molar-refractivity contribution in [2.75, 3.05) is 16.9 Å². The maximum atomic E-state index is 12.3. The highest BCUT2D eigenvalue weighted by atomic mass is 35.5. The van der Waals surface area contributed by atoms with Crippen LogP contribution in [0.15, 0.2) is 59.1 Å². The first-order valence-electron chi connectivity index (χ1n) is 7.12. The van der Waals surface area contributed by atoms with E-state index >= 15 is 0 Å². The molecule has 0 saturated heterocycles. The Morgan fingerprint density at radius 2 is 2.04 bits per heavy atom. The zero-order chi connectivity index (χ0) is 17.5. The minimum Gasteiger partial charge on any atom is -0.360 e. The molecule has 0 aliphatic rings. The Labute approximate surface area is 150 Å². The molecule has 24 heavy (non-hydrogen) atoms. The lowest BCUT2D eigenvalue weighted by Gasteiger charge is -2.09. The van der Waals surface area contributed by atoms with Gasteiger partial charge in [-0.2, -0.15) is 5.26 Å². The molecular formula is C18H16ClN3OS. The van der Waals surface area contributed by atoms with Crippen LogP contribution in [0.25, 0.3) is 0 Å². The van der Waals surface area contributed by atoms with Gasteiger partial charge in [-0.3, -0.25) is 4.79 Å². The lowest BCUT2D eigenvalue weighted by molar-refractivity contribution is -0.112. The molecule has 4 nitrogen and oxygen atoms in total. The smallest absolute Gasteiger partial charge is 0.267 e. The normalized spacial score (nSPS) is 10.8. The van der Waals surface area contributed by atoms with Crippen LogP contribution in [0, 0.1) is 18.3 Å². The quantitative estimate of drug-likeness (QED) is 0.457. The van der Waals surface area contributed by atoms with E-state index in [1.54, 1.807) is 36.9 Å². The molecule has 0 radical (unpaired) electrons. The Hall–Kier alpha value is -2.42. The summed E-state index contributed by atoms with van der Waals surface area (Å²) < 4.78 is 0. The van der Waals surface area contributed by atoms with E-state index in [4.69, 9.17) is 11.6 Å². The molecule has 0 unspecified atom stereocenters. The number of thioether (sulfide) groups is 1. The van der Waals surface area contributed by atoms with Crippen molar-refractivity contribution in [2.24, 2.45) is 0 Å². The van der Waals surface area contributed by atoms with E-state index in [0.717, 1.165) is 16.1 Å². The lowest BCUT2D eigenvalue weighted by Crippen LogP contribution is -2.15. The van der Waals surface area contributed by atoms with Crippen molar-refractivity contribution in [3.8, 4) is 6.07 Å². The van der Waals surface area contributed by atoms with Gasteiger partial charge in [0.25, 0.3) is 5.91 Å². The van der Waals surface area contributed by atoms with Gasteiger partial charge in [-0.1, -0.05) is 23.7 Å². The third-order valence-corrected chi connectivity index (χ3v) is 4.47. The summed E-state index contributed by atoms with van der Waals surface area (Å²) in [4.78, 5) is 13.4.